The summed E-state index contributed by atoms with van der Waals surface area (Å²) < 4.78 is 0. The minimum atomic E-state index is -0.355. The van der Waals surface area contributed by atoms with E-state index in [4.69, 9.17) is 6.57 Å². The van der Waals surface area contributed by atoms with Gasteiger partial charge in [0.2, 0.25) is 6.04 Å². The summed E-state index contributed by atoms with van der Waals surface area (Å²) in [4.78, 5) is 3.98. The molecule has 1 nitrogen and oxygen atoms in total. The summed E-state index contributed by atoms with van der Waals surface area (Å²) in [6, 6.07) is 32.3. The summed E-state index contributed by atoms with van der Waals surface area (Å²) in [5.74, 6) is 0.626. The first-order valence-electron chi connectivity index (χ1n) is 11.1. The Hall–Kier alpha value is -3.37. The van der Waals surface area contributed by atoms with Crippen LogP contribution in [0, 0.1) is 18.4 Å². The minimum absolute atomic E-state index is 0.0822. The summed E-state index contributed by atoms with van der Waals surface area (Å²) in [6.45, 7) is 12.2. The quantitative estimate of drug-likeness (QED) is 0.285. The first kappa shape index (κ1) is 20.9. The van der Waals surface area contributed by atoms with Crippen LogP contribution in [0.4, 0.5) is 0 Å². The highest BCUT2D eigenvalue weighted by atomic mass is 14.7. The van der Waals surface area contributed by atoms with Crippen molar-refractivity contribution in [3.8, 4) is 0 Å². The lowest BCUT2D eigenvalue weighted by molar-refractivity contribution is 0.524. The van der Waals surface area contributed by atoms with Gasteiger partial charge in [-0.3, -0.25) is 0 Å². The van der Waals surface area contributed by atoms with Gasteiger partial charge in [-0.05, 0) is 22.6 Å². The van der Waals surface area contributed by atoms with E-state index in [9.17, 15) is 0 Å². The molecule has 0 saturated carbocycles. The third-order valence-electron chi connectivity index (χ3n) is 6.29. The van der Waals surface area contributed by atoms with Gasteiger partial charge in [0.15, 0.2) is 0 Å². The maximum Gasteiger partial charge on any atom is 0.248 e. The fourth-order valence-electron chi connectivity index (χ4n) is 4.92. The molecule has 1 heteroatoms. The van der Waals surface area contributed by atoms with Gasteiger partial charge in [0.1, 0.15) is 0 Å². The molecule has 31 heavy (non-hydrogen) atoms. The molecule has 1 aliphatic carbocycles. The molecule has 2 atom stereocenters. The third kappa shape index (κ3) is 3.99. The molecule has 0 fully saturated rings. The van der Waals surface area contributed by atoms with Gasteiger partial charge in [-0.1, -0.05) is 123 Å². The van der Waals surface area contributed by atoms with E-state index >= 15 is 0 Å². The van der Waals surface area contributed by atoms with Gasteiger partial charge in [-0.15, -0.1) is 0 Å². The Morgan fingerprint density at radius 2 is 1.23 bits per heavy atom. The number of allylic oxidation sites excluding steroid dienone is 2. The van der Waals surface area contributed by atoms with Crippen molar-refractivity contribution in [2.75, 3.05) is 0 Å². The summed E-state index contributed by atoms with van der Waals surface area (Å²) in [5.41, 5.74) is 4.60. The Kier molecular flexibility index (Phi) is 6.19. The fraction of sp³-hybridized carbons (Fsp3) is 0.233. The fourth-order valence-corrected chi connectivity index (χ4v) is 4.92. The second-order valence-electron chi connectivity index (χ2n) is 8.73. The van der Waals surface area contributed by atoms with Gasteiger partial charge in [-0.2, -0.15) is 0 Å². The number of rotatable bonds is 7. The Morgan fingerprint density at radius 1 is 0.774 bits per heavy atom. The molecule has 0 amide bonds. The number of hydrogen-bond donors (Lipinski definition) is 0. The average molecular weight is 404 g/mol. The van der Waals surface area contributed by atoms with Crippen LogP contribution in [0.3, 0.4) is 0 Å². The van der Waals surface area contributed by atoms with E-state index in [1.165, 1.54) is 16.7 Å². The second-order valence-corrected chi connectivity index (χ2v) is 8.73. The van der Waals surface area contributed by atoms with Crippen LogP contribution >= 0.6 is 0 Å². The van der Waals surface area contributed by atoms with Crippen LogP contribution in [-0.4, -0.2) is 6.04 Å². The molecule has 0 heterocycles. The average Bonchev–Trinajstić information content (AvgIpc) is 3.30. The van der Waals surface area contributed by atoms with Gasteiger partial charge in [0, 0.05) is 17.9 Å². The monoisotopic (exact) mass is 403 g/mol. The van der Waals surface area contributed by atoms with Crippen LogP contribution in [0.5, 0.6) is 0 Å². The van der Waals surface area contributed by atoms with Crippen molar-refractivity contribution in [2.24, 2.45) is 11.8 Å². The Balaban J connectivity index is 1.94. The van der Waals surface area contributed by atoms with Crippen LogP contribution in [0.15, 0.2) is 115 Å². The molecule has 2 unspecified atom stereocenters. The zero-order valence-corrected chi connectivity index (χ0v) is 18.3. The predicted octanol–water partition coefficient (Wildman–Crippen LogP) is 7.47. The highest BCUT2D eigenvalue weighted by Crippen LogP contribution is 2.48. The lowest BCUT2D eigenvalue weighted by Crippen LogP contribution is -2.36. The van der Waals surface area contributed by atoms with Gasteiger partial charge in [-0.25, -0.2) is 6.57 Å². The molecule has 0 aromatic heterocycles. The predicted molar refractivity (Wildman–Crippen MR) is 130 cm³/mol. The van der Waals surface area contributed by atoms with E-state index in [-0.39, 0.29) is 17.4 Å². The van der Waals surface area contributed by atoms with Crippen molar-refractivity contribution in [1.29, 1.82) is 0 Å². The zero-order chi connectivity index (χ0) is 21.7. The van der Waals surface area contributed by atoms with E-state index in [0.717, 1.165) is 12.0 Å². The van der Waals surface area contributed by atoms with E-state index in [1.54, 1.807) is 0 Å². The van der Waals surface area contributed by atoms with Crippen molar-refractivity contribution in [3.63, 3.8) is 0 Å². The van der Waals surface area contributed by atoms with Gasteiger partial charge in [0.05, 0.1) is 5.41 Å². The van der Waals surface area contributed by atoms with Gasteiger partial charge in [0.25, 0.3) is 0 Å². The zero-order valence-electron chi connectivity index (χ0n) is 18.3. The van der Waals surface area contributed by atoms with E-state index < -0.39 is 0 Å². The smallest absolute Gasteiger partial charge is 0.248 e. The lowest BCUT2D eigenvalue weighted by atomic mass is 9.62. The van der Waals surface area contributed by atoms with Crippen LogP contribution < -0.4 is 0 Å². The summed E-state index contributed by atoms with van der Waals surface area (Å²) >= 11 is 0. The standard InChI is InChI=1S/C30H29N/c1-23(2)21-29(31-3)24-19-20-28(22-24)30(25-13-7-4-8-14-25,26-15-9-5-10-16-26)27-17-11-6-12-18-27/h4-20,22-23,28-29H,21H2,1-2H3. The second kappa shape index (κ2) is 9.19. The molecular formula is C30H29N. The maximum absolute atomic E-state index is 7.78. The van der Waals surface area contributed by atoms with E-state index in [1.807, 2.05) is 0 Å². The molecule has 0 spiro atoms. The van der Waals surface area contributed by atoms with Crippen LogP contribution in [-0.2, 0) is 5.41 Å². The van der Waals surface area contributed by atoms with Crippen molar-refractivity contribution >= 4 is 0 Å². The minimum Gasteiger partial charge on any atom is -0.308 e. The molecule has 3 aromatic carbocycles. The Morgan fingerprint density at radius 3 is 1.61 bits per heavy atom. The topological polar surface area (TPSA) is 4.36 Å². The number of hydrogen-bond acceptors (Lipinski definition) is 0. The molecule has 0 aliphatic heterocycles. The molecule has 154 valence electrons. The summed E-state index contributed by atoms with van der Waals surface area (Å²) in [7, 11) is 0. The van der Waals surface area contributed by atoms with Crippen LogP contribution in [0.25, 0.3) is 4.85 Å². The van der Waals surface area contributed by atoms with Crippen LogP contribution in [0.2, 0.25) is 0 Å². The Labute approximate surface area is 186 Å². The highest BCUT2D eigenvalue weighted by molar-refractivity contribution is 5.56. The normalized spacial score (nSPS) is 16.7. The molecule has 0 radical (unpaired) electrons. The molecule has 0 bridgehead atoms. The summed E-state index contributed by atoms with van der Waals surface area (Å²) in [6.07, 6.45) is 7.74. The van der Waals surface area contributed by atoms with Gasteiger partial charge < -0.3 is 4.85 Å². The van der Waals surface area contributed by atoms with Crippen molar-refractivity contribution in [2.45, 2.75) is 31.7 Å². The largest absolute Gasteiger partial charge is 0.308 e. The van der Waals surface area contributed by atoms with Crippen LogP contribution in [0.1, 0.15) is 37.0 Å². The molecule has 3 aromatic rings. The third-order valence-corrected chi connectivity index (χ3v) is 6.29. The molecule has 1 aliphatic rings. The highest BCUT2D eigenvalue weighted by Gasteiger charge is 2.43. The van der Waals surface area contributed by atoms with E-state index in [0.29, 0.717) is 5.92 Å². The first-order chi connectivity index (χ1) is 15.2. The molecular weight excluding hydrogens is 374 g/mol. The van der Waals surface area contributed by atoms with E-state index in [2.05, 4.69) is 128 Å². The molecule has 0 N–H and O–H groups in total. The SMILES string of the molecule is [C-]#[N+]C(CC(C)C)C1=CC(C(c2ccccc2)(c2ccccc2)c2ccccc2)C=C1. The lowest BCUT2D eigenvalue weighted by Gasteiger charge is -2.40. The van der Waals surface area contributed by atoms with Gasteiger partial charge >= 0.3 is 0 Å². The van der Waals surface area contributed by atoms with Crippen molar-refractivity contribution < 1.29 is 0 Å². The van der Waals surface area contributed by atoms with Crippen molar-refractivity contribution in [1.82, 2.24) is 0 Å². The summed E-state index contributed by atoms with van der Waals surface area (Å²) in [5, 5.41) is 0. The molecule has 4 rings (SSSR count). The maximum atomic E-state index is 7.78. The number of benzene rings is 3. The number of nitrogens with zero attached hydrogens (tertiary/aromatic N) is 1. The first-order valence-corrected chi connectivity index (χ1v) is 11.1. The molecule has 0 saturated heterocycles. The van der Waals surface area contributed by atoms with Crippen molar-refractivity contribution in [3.05, 3.63) is 143 Å². The Bertz CT molecular complexity index is 989.